The van der Waals surface area contributed by atoms with E-state index in [0.29, 0.717) is 0 Å². The van der Waals surface area contributed by atoms with Crippen molar-refractivity contribution in [2.24, 2.45) is 0 Å². The maximum absolute atomic E-state index is 3.15. The number of aryl methyl sites for hydroxylation is 2. The van der Waals surface area contributed by atoms with Gasteiger partial charge in [-0.2, -0.15) is 0 Å². The van der Waals surface area contributed by atoms with Crippen LogP contribution in [0.25, 0.3) is 11.1 Å². The highest BCUT2D eigenvalue weighted by atomic mass is 32.2. The quantitative estimate of drug-likeness (QED) is 0.812. The summed E-state index contributed by atoms with van der Waals surface area (Å²) in [6, 6.07) is 15.3. The van der Waals surface area contributed by atoms with Gasteiger partial charge in [-0.15, -0.1) is 0 Å². The molecule has 0 saturated carbocycles. The Morgan fingerprint density at radius 3 is 2.50 bits per heavy atom. The summed E-state index contributed by atoms with van der Waals surface area (Å²) < 4.78 is 3.15. The standard InChI is InChI=1S/C16H19NS/c1-4-13-9-10-14(12(2)11-13)15-7-5-6-8-16(15)18-17-3/h5-11,17H,4H2,1-3H3. The lowest BCUT2D eigenvalue weighted by atomic mass is 9.98. The van der Waals surface area contributed by atoms with Crippen LogP contribution in [-0.4, -0.2) is 7.05 Å². The van der Waals surface area contributed by atoms with E-state index in [1.807, 2.05) is 7.05 Å². The maximum Gasteiger partial charge on any atom is 0.0306 e. The first kappa shape index (κ1) is 13.2. The van der Waals surface area contributed by atoms with Crippen molar-refractivity contribution < 1.29 is 0 Å². The first-order chi connectivity index (χ1) is 8.76. The van der Waals surface area contributed by atoms with Gasteiger partial charge >= 0.3 is 0 Å². The zero-order valence-corrected chi connectivity index (χ0v) is 12.0. The fraction of sp³-hybridized carbons (Fsp3) is 0.250. The van der Waals surface area contributed by atoms with Crippen molar-refractivity contribution in [2.45, 2.75) is 25.2 Å². The van der Waals surface area contributed by atoms with Crippen LogP contribution in [0.3, 0.4) is 0 Å². The van der Waals surface area contributed by atoms with Crippen molar-refractivity contribution in [3.05, 3.63) is 53.6 Å². The van der Waals surface area contributed by atoms with Crippen LogP contribution in [0.4, 0.5) is 0 Å². The summed E-state index contributed by atoms with van der Waals surface area (Å²) in [5, 5.41) is 0. The highest BCUT2D eigenvalue weighted by Gasteiger charge is 2.07. The molecule has 0 aliphatic carbocycles. The van der Waals surface area contributed by atoms with Crippen molar-refractivity contribution in [3.63, 3.8) is 0 Å². The third-order valence-electron chi connectivity index (χ3n) is 3.09. The topological polar surface area (TPSA) is 12.0 Å². The molecule has 2 aromatic rings. The van der Waals surface area contributed by atoms with Crippen molar-refractivity contribution in [2.75, 3.05) is 7.05 Å². The lowest BCUT2D eigenvalue weighted by Crippen LogP contribution is -1.94. The molecule has 0 unspecified atom stereocenters. The molecule has 0 amide bonds. The van der Waals surface area contributed by atoms with E-state index < -0.39 is 0 Å². The van der Waals surface area contributed by atoms with Crippen LogP contribution >= 0.6 is 11.9 Å². The predicted molar refractivity (Wildman–Crippen MR) is 80.9 cm³/mol. The normalized spacial score (nSPS) is 10.6. The smallest absolute Gasteiger partial charge is 0.0306 e. The van der Waals surface area contributed by atoms with Gasteiger partial charge < -0.3 is 0 Å². The van der Waals surface area contributed by atoms with Gasteiger partial charge in [0.05, 0.1) is 0 Å². The first-order valence-electron chi connectivity index (χ1n) is 6.28. The predicted octanol–water partition coefficient (Wildman–Crippen LogP) is 4.45. The molecule has 0 radical (unpaired) electrons. The van der Waals surface area contributed by atoms with E-state index in [2.05, 4.69) is 61.0 Å². The molecule has 0 spiro atoms. The van der Waals surface area contributed by atoms with Crippen LogP contribution in [0.15, 0.2) is 47.4 Å². The van der Waals surface area contributed by atoms with E-state index in [0.717, 1.165) is 6.42 Å². The van der Waals surface area contributed by atoms with Crippen LogP contribution in [0.1, 0.15) is 18.1 Å². The summed E-state index contributed by atoms with van der Waals surface area (Å²) in [5.41, 5.74) is 5.37. The molecule has 0 atom stereocenters. The molecule has 2 heteroatoms. The second kappa shape index (κ2) is 6.07. The van der Waals surface area contributed by atoms with Gasteiger partial charge in [0.2, 0.25) is 0 Å². The fourth-order valence-electron chi connectivity index (χ4n) is 2.14. The Hall–Kier alpha value is -1.25. The minimum atomic E-state index is 1.09. The molecule has 1 N–H and O–H groups in total. The lowest BCUT2D eigenvalue weighted by molar-refractivity contribution is 1.13. The van der Waals surface area contributed by atoms with Crippen LogP contribution in [0.5, 0.6) is 0 Å². The van der Waals surface area contributed by atoms with Crippen LogP contribution in [-0.2, 0) is 6.42 Å². The molecule has 0 aromatic heterocycles. The minimum absolute atomic E-state index is 1.09. The van der Waals surface area contributed by atoms with E-state index >= 15 is 0 Å². The molecular weight excluding hydrogens is 238 g/mol. The van der Waals surface area contributed by atoms with Crippen LogP contribution in [0.2, 0.25) is 0 Å². The number of nitrogens with one attached hydrogen (secondary N) is 1. The summed E-state index contributed by atoms with van der Waals surface area (Å²) in [6.07, 6.45) is 1.09. The van der Waals surface area contributed by atoms with Crippen LogP contribution < -0.4 is 4.72 Å². The fourth-order valence-corrected chi connectivity index (χ4v) is 2.79. The van der Waals surface area contributed by atoms with E-state index in [4.69, 9.17) is 0 Å². The molecule has 1 nitrogen and oxygen atoms in total. The Labute approximate surface area is 114 Å². The van der Waals surface area contributed by atoms with E-state index in [1.165, 1.54) is 27.1 Å². The van der Waals surface area contributed by atoms with Crippen molar-refractivity contribution in [1.82, 2.24) is 4.72 Å². The van der Waals surface area contributed by atoms with Gasteiger partial charge in [-0.1, -0.05) is 43.3 Å². The molecule has 2 rings (SSSR count). The van der Waals surface area contributed by atoms with Gasteiger partial charge in [-0.05, 0) is 60.7 Å². The SMILES string of the molecule is CCc1ccc(-c2ccccc2SNC)c(C)c1. The highest BCUT2D eigenvalue weighted by Crippen LogP contribution is 2.32. The van der Waals surface area contributed by atoms with Crippen molar-refractivity contribution >= 4 is 11.9 Å². The molecular formula is C16H19NS. The monoisotopic (exact) mass is 257 g/mol. The Kier molecular flexibility index (Phi) is 4.45. The number of benzene rings is 2. The third-order valence-corrected chi connectivity index (χ3v) is 3.87. The molecule has 0 aliphatic heterocycles. The lowest BCUT2D eigenvalue weighted by Gasteiger charge is -2.12. The van der Waals surface area contributed by atoms with E-state index in [1.54, 1.807) is 11.9 Å². The maximum atomic E-state index is 3.15. The summed E-state index contributed by atoms with van der Waals surface area (Å²) in [5.74, 6) is 0. The Balaban J connectivity index is 2.48. The van der Waals surface area contributed by atoms with Gasteiger partial charge in [0.25, 0.3) is 0 Å². The number of hydrogen-bond acceptors (Lipinski definition) is 2. The van der Waals surface area contributed by atoms with Gasteiger partial charge in [0.15, 0.2) is 0 Å². The molecule has 2 aromatic carbocycles. The molecule has 0 saturated heterocycles. The highest BCUT2D eigenvalue weighted by molar-refractivity contribution is 7.97. The number of hydrogen-bond donors (Lipinski definition) is 1. The van der Waals surface area contributed by atoms with Crippen molar-refractivity contribution in [3.8, 4) is 11.1 Å². The molecule has 0 aliphatic rings. The molecule has 0 heterocycles. The Morgan fingerprint density at radius 2 is 1.83 bits per heavy atom. The van der Waals surface area contributed by atoms with Gasteiger partial charge in [0, 0.05) is 4.90 Å². The zero-order chi connectivity index (χ0) is 13.0. The molecule has 0 bridgehead atoms. The Bertz CT molecular complexity index is 534. The zero-order valence-electron chi connectivity index (χ0n) is 11.2. The average molecular weight is 257 g/mol. The summed E-state index contributed by atoms with van der Waals surface area (Å²) in [6.45, 7) is 4.38. The summed E-state index contributed by atoms with van der Waals surface area (Å²) in [7, 11) is 1.95. The van der Waals surface area contributed by atoms with Crippen LogP contribution in [0, 0.1) is 6.92 Å². The summed E-state index contributed by atoms with van der Waals surface area (Å²) in [4.78, 5) is 1.27. The van der Waals surface area contributed by atoms with E-state index in [9.17, 15) is 0 Å². The summed E-state index contributed by atoms with van der Waals surface area (Å²) >= 11 is 1.67. The molecule has 94 valence electrons. The van der Waals surface area contributed by atoms with Gasteiger partial charge in [-0.25, -0.2) is 0 Å². The first-order valence-corrected chi connectivity index (χ1v) is 7.10. The third kappa shape index (κ3) is 2.77. The second-order valence-corrected chi connectivity index (χ2v) is 5.36. The average Bonchev–Trinajstić information content (AvgIpc) is 2.40. The van der Waals surface area contributed by atoms with E-state index in [-0.39, 0.29) is 0 Å². The number of rotatable bonds is 4. The second-order valence-electron chi connectivity index (χ2n) is 4.31. The largest absolute Gasteiger partial charge is 0.263 e. The molecule has 0 fully saturated rings. The Morgan fingerprint density at radius 1 is 1.06 bits per heavy atom. The molecule has 18 heavy (non-hydrogen) atoms. The van der Waals surface area contributed by atoms with Gasteiger partial charge in [0.1, 0.15) is 0 Å². The van der Waals surface area contributed by atoms with Gasteiger partial charge in [-0.3, -0.25) is 4.72 Å². The van der Waals surface area contributed by atoms with Crippen molar-refractivity contribution in [1.29, 1.82) is 0 Å². The minimum Gasteiger partial charge on any atom is -0.263 e.